The van der Waals surface area contributed by atoms with Gasteiger partial charge in [0.2, 0.25) is 5.88 Å². The summed E-state index contributed by atoms with van der Waals surface area (Å²) in [5.41, 5.74) is 0. The second kappa shape index (κ2) is 9.59. The molecule has 0 aliphatic heterocycles. The molecule has 1 aromatic heterocycles. The van der Waals surface area contributed by atoms with Gasteiger partial charge in [-0.2, -0.15) is 4.98 Å². The van der Waals surface area contributed by atoms with Crippen molar-refractivity contribution in [2.45, 2.75) is 66.2 Å². The van der Waals surface area contributed by atoms with Crippen molar-refractivity contribution in [3.8, 4) is 5.88 Å². The molecular weight excluding hydrogens is 262 g/mol. The van der Waals surface area contributed by atoms with Crippen LogP contribution in [-0.4, -0.2) is 23.1 Å². The van der Waals surface area contributed by atoms with Crippen molar-refractivity contribution in [1.29, 1.82) is 0 Å². The highest BCUT2D eigenvalue weighted by molar-refractivity contribution is 5.38. The Hall–Kier alpha value is -1.32. The third-order valence-corrected chi connectivity index (χ3v) is 3.60. The summed E-state index contributed by atoms with van der Waals surface area (Å²) < 4.78 is 5.94. The molecule has 0 saturated carbocycles. The molecule has 4 nitrogen and oxygen atoms in total. The van der Waals surface area contributed by atoms with Crippen LogP contribution >= 0.6 is 0 Å². The van der Waals surface area contributed by atoms with Crippen LogP contribution in [0.15, 0.2) is 6.07 Å². The molecule has 0 spiro atoms. The number of rotatable bonds is 10. The van der Waals surface area contributed by atoms with Crippen LogP contribution in [0.25, 0.3) is 0 Å². The molecule has 4 heteroatoms. The molecule has 0 fully saturated rings. The number of hydrogen-bond donors (Lipinski definition) is 1. The molecule has 0 aromatic carbocycles. The van der Waals surface area contributed by atoms with Crippen LogP contribution in [-0.2, 0) is 0 Å². The molecule has 0 radical (unpaired) electrons. The molecule has 0 saturated heterocycles. The van der Waals surface area contributed by atoms with Gasteiger partial charge in [0, 0.05) is 18.5 Å². The van der Waals surface area contributed by atoms with E-state index < -0.39 is 0 Å². The lowest BCUT2D eigenvalue weighted by atomic mass is 10.0. The molecule has 0 aliphatic carbocycles. The van der Waals surface area contributed by atoms with Gasteiger partial charge in [0.15, 0.2) is 0 Å². The lowest BCUT2D eigenvalue weighted by Gasteiger charge is -2.16. The van der Waals surface area contributed by atoms with Gasteiger partial charge in [0.1, 0.15) is 11.6 Å². The van der Waals surface area contributed by atoms with Crippen molar-refractivity contribution in [2.24, 2.45) is 5.92 Å². The highest BCUT2D eigenvalue weighted by atomic mass is 16.5. The minimum atomic E-state index is 0.299. The average molecular weight is 293 g/mol. The number of nitrogens with one attached hydrogen (secondary N) is 1. The molecule has 1 N–H and O–H groups in total. The van der Waals surface area contributed by atoms with E-state index in [1.807, 2.05) is 6.07 Å². The summed E-state index contributed by atoms with van der Waals surface area (Å²) in [6.07, 6.45) is 4.90. The zero-order valence-corrected chi connectivity index (χ0v) is 14.3. The van der Waals surface area contributed by atoms with Crippen LogP contribution in [0.3, 0.4) is 0 Å². The summed E-state index contributed by atoms with van der Waals surface area (Å²) in [7, 11) is 0. The topological polar surface area (TPSA) is 47.0 Å². The highest BCUT2D eigenvalue weighted by Crippen LogP contribution is 2.20. The molecule has 120 valence electrons. The number of anilines is 1. The van der Waals surface area contributed by atoms with Gasteiger partial charge < -0.3 is 10.1 Å². The molecule has 1 unspecified atom stereocenters. The Bertz CT molecular complexity index is 407. The van der Waals surface area contributed by atoms with Gasteiger partial charge in [0.05, 0.1) is 6.61 Å². The number of aromatic nitrogens is 2. The predicted octanol–water partition coefficient (Wildman–Crippen LogP) is 4.63. The van der Waals surface area contributed by atoms with E-state index in [1.165, 1.54) is 19.3 Å². The van der Waals surface area contributed by atoms with E-state index in [9.17, 15) is 0 Å². The van der Waals surface area contributed by atoms with Gasteiger partial charge in [-0.25, -0.2) is 4.98 Å². The largest absolute Gasteiger partial charge is 0.477 e. The summed E-state index contributed by atoms with van der Waals surface area (Å²) in [5, 5.41) is 3.25. The Morgan fingerprint density at radius 2 is 1.95 bits per heavy atom. The van der Waals surface area contributed by atoms with Crippen LogP contribution in [0.1, 0.15) is 72.0 Å². The van der Waals surface area contributed by atoms with E-state index in [1.54, 1.807) is 0 Å². The Labute approximate surface area is 129 Å². The number of nitrogens with zero attached hydrogens (tertiary/aromatic N) is 2. The van der Waals surface area contributed by atoms with E-state index in [0.29, 0.717) is 17.7 Å². The van der Waals surface area contributed by atoms with Crippen LogP contribution in [0.5, 0.6) is 5.88 Å². The van der Waals surface area contributed by atoms with Crippen molar-refractivity contribution < 1.29 is 4.74 Å². The van der Waals surface area contributed by atoms with Gasteiger partial charge in [-0.15, -0.1) is 0 Å². The third kappa shape index (κ3) is 6.32. The molecule has 0 aliphatic rings. The number of hydrogen-bond acceptors (Lipinski definition) is 4. The molecule has 0 bridgehead atoms. The zero-order valence-electron chi connectivity index (χ0n) is 14.3. The van der Waals surface area contributed by atoms with E-state index in [0.717, 1.165) is 31.2 Å². The monoisotopic (exact) mass is 293 g/mol. The molecule has 0 amide bonds. The molecule has 1 heterocycles. The Morgan fingerprint density at radius 3 is 2.52 bits per heavy atom. The van der Waals surface area contributed by atoms with Crippen LogP contribution in [0, 0.1) is 5.92 Å². The fourth-order valence-corrected chi connectivity index (χ4v) is 2.15. The molecular formula is C17H31N3O. The number of unbranched alkanes of at least 4 members (excludes halogenated alkanes) is 1. The molecule has 1 aromatic rings. The van der Waals surface area contributed by atoms with Crippen molar-refractivity contribution in [1.82, 2.24) is 9.97 Å². The maximum atomic E-state index is 5.94. The fraction of sp³-hybridized carbons (Fsp3) is 0.765. The van der Waals surface area contributed by atoms with E-state index in [2.05, 4.69) is 49.9 Å². The van der Waals surface area contributed by atoms with Crippen molar-refractivity contribution in [3.63, 3.8) is 0 Å². The molecule has 1 atom stereocenters. The summed E-state index contributed by atoms with van der Waals surface area (Å²) in [5.74, 6) is 3.30. The zero-order chi connectivity index (χ0) is 15.7. The van der Waals surface area contributed by atoms with Gasteiger partial charge in [-0.05, 0) is 19.3 Å². The second-order valence-corrected chi connectivity index (χ2v) is 5.86. The quantitative estimate of drug-likeness (QED) is 0.683. The summed E-state index contributed by atoms with van der Waals surface area (Å²) >= 11 is 0. The van der Waals surface area contributed by atoms with Gasteiger partial charge in [-0.3, -0.25) is 0 Å². The lowest BCUT2D eigenvalue weighted by Crippen LogP contribution is -2.13. The first kappa shape index (κ1) is 17.7. The fourth-order valence-electron chi connectivity index (χ4n) is 2.15. The smallest absolute Gasteiger partial charge is 0.218 e. The van der Waals surface area contributed by atoms with Gasteiger partial charge in [0.25, 0.3) is 0 Å². The number of ether oxygens (including phenoxy) is 1. The van der Waals surface area contributed by atoms with Crippen molar-refractivity contribution in [2.75, 3.05) is 18.5 Å². The maximum absolute atomic E-state index is 5.94. The standard InChI is InChI=1S/C17H31N3O/c1-6-9-10-14(7-2)12-21-16-11-15(18-8-3)19-17(20-16)13(4)5/h11,13-14H,6-10,12H2,1-5H3,(H,18,19,20). The first-order chi connectivity index (χ1) is 10.1. The maximum Gasteiger partial charge on any atom is 0.218 e. The van der Waals surface area contributed by atoms with Crippen molar-refractivity contribution in [3.05, 3.63) is 11.9 Å². The summed E-state index contributed by atoms with van der Waals surface area (Å²) in [4.78, 5) is 9.05. The predicted molar refractivity (Wildman–Crippen MR) is 89.1 cm³/mol. The van der Waals surface area contributed by atoms with E-state index in [-0.39, 0.29) is 0 Å². The first-order valence-electron chi connectivity index (χ1n) is 8.36. The van der Waals surface area contributed by atoms with Gasteiger partial charge >= 0.3 is 0 Å². The van der Waals surface area contributed by atoms with Crippen LogP contribution in [0.2, 0.25) is 0 Å². The SMILES string of the molecule is CCCCC(CC)COc1cc(NCC)nc(C(C)C)n1. The summed E-state index contributed by atoms with van der Waals surface area (Å²) in [6.45, 7) is 12.3. The normalized spacial score (nSPS) is 12.5. The first-order valence-corrected chi connectivity index (χ1v) is 8.36. The Balaban J connectivity index is 2.71. The molecule has 1 rings (SSSR count). The van der Waals surface area contributed by atoms with Crippen molar-refractivity contribution >= 4 is 5.82 Å². The Morgan fingerprint density at radius 1 is 1.19 bits per heavy atom. The third-order valence-electron chi connectivity index (χ3n) is 3.60. The van der Waals surface area contributed by atoms with E-state index in [4.69, 9.17) is 4.74 Å². The van der Waals surface area contributed by atoms with Crippen LogP contribution < -0.4 is 10.1 Å². The van der Waals surface area contributed by atoms with Gasteiger partial charge in [-0.1, -0.05) is 47.0 Å². The Kier molecular flexibility index (Phi) is 8.09. The minimum absolute atomic E-state index is 0.299. The highest BCUT2D eigenvalue weighted by Gasteiger charge is 2.11. The second-order valence-electron chi connectivity index (χ2n) is 5.86. The van der Waals surface area contributed by atoms with E-state index >= 15 is 0 Å². The molecule has 21 heavy (non-hydrogen) atoms. The minimum Gasteiger partial charge on any atom is -0.477 e. The summed E-state index contributed by atoms with van der Waals surface area (Å²) in [6, 6.07) is 1.90. The average Bonchev–Trinajstić information content (AvgIpc) is 2.47. The lowest BCUT2D eigenvalue weighted by molar-refractivity contribution is 0.225. The van der Waals surface area contributed by atoms with Crippen LogP contribution in [0.4, 0.5) is 5.82 Å².